The van der Waals surface area contributed by atoms with Gasteiger partial charge in [0, 0.05) is 12.6 Å². The molecule has 0 aromatic heterocycles. The summed E-state index contributed by atoms with van der Waals surface area (Å²) in [6, 6.07) is 0.866. The second-order valence-electron chi connectivity index (χ2n) is 7.20. The van der Waals surface area contributed by atoms with Gasteiger partial charge in [-0.2, -0.15) is 0 Å². The zero-order valence-electron chi connectivity index (χ0n) is 12.7. The Hall–Kier alpha value is -0.0800. The van der Waals surface area contributed by atoms with Crippen LogP contribution in [-0.4, -0.2) is 37.1 Å². The SMILES string of the molecule is CCN(CC1CCCNC1)C1CCC(C)(C)CC1. The summed E-state index contributed by atoms with van der Waals surface area (Å²) in [6.45, 7) is 12.3. The lowest BCUT2D eigenvalue weighted by atomic mass is 9.75. The first kappa shape index (κ1) is 14.3. The van der Waals surface area contributed by atoms with Gasteiger partial charge in [-0.05, 0) is 69.5 Å². The van der Waals surface area contributed by atoms with E-state index in [1.54, 1.807) is 0 Å². The molecule has 2 nitrogen and oxygen atoms in total. The number of nitrogens with one attached hydrogen (secondary N) is 1. The van der Waals surface area contributed by atoms with Gasteiger partial charge in [0.05, 0.1) is 0 Å². The number of rotatable bonds is 4. The van der Waals surface area contributed by atoms with Gasteiger partial charge >= 0.3 is 0 Å². The maximum Gasteiger partial charge on any atom is 0.00956 e. The number of nitrogens with zero attached hydrogens (tertiary/aromatic N) is 1. The topological polar surface area (TPSA) is 15.3 Å². The molecule has 1 aliphatic carbocycles. The molecular formula is C16H32N2. The summed E-state index contributed by atoms with van der Waals surface area (Å²) in [4.78, 5) is 2.77. The first-order chi connectivity index (χ1) is 8.61. The van der Waals surface area contributed by atoms with Crippen molar-refractivity contribution in [2.75, 3.05) is 26.2 Å². The Kier molecular flexibility index (Phi) is 5.08. The molecule has 1 atom stereocenters. The average Bonchev–Trinajstić information content (AvgIpc) is 2.38. The van der Waals surface area contributed by atoms with E-state index in [2.05, 4.69) is 31.0 Å². The molecule has 2 fully saturated rings. The molecule has 106 valence electrons. The summed E-state index contributed by atoms with van der Waals surface area (Å²) < 4.78 is 0. The van der Waals surface area contributed by atoms with Crippen molar-refractivity contribution in [3.63, 3.8) is 0 Å². The van der Waals surface area contributed by atoms with E-state index in [9.17, 15) is 0 Å². The van der Waals surface area contributed by atoms with E-state index in [-0.39, 0.29) is 0 Å². The Morgan fingerprint density at radius 1 is 1.17 bits per heavy atom. The monoisotopic (exact) mass is 252 g/mol. The Morgan fingerprint density at radius 3 is 2.44 bits per heavy atom. The van der Waals surface area contributed by atoms with E-state index in [1.807, 2.05) is 0 Å². The van der Waals surface area contributed by atoms with Crippen LogP contribution >= 0.6 is 0 Å². The summed E-state index contributed by atoms with van der Waals surface area (Å²) in [5, 5.41) is 3.55. The van der Waals surface area contributed by atoms with Crippen LogP contribution < -0.4 is 5.32 Å². The normalized spacial score (nSPS) is 29.7. The molecule has 2 heteroatoms. The molecule has 0 amide bonds. The molecule has 0 radical (unpaired) electrons. The Bertz CT molecular complexity index is 233. The van der Waals surface area contributed by atoms with E-state index in [1.165, 1.54) is 64.7 Å². The highest BCUT2D eigenvalue weighted by atomic mass is 15.2. The second kappa shape index (κ2) is 6.38. The number of hydrogen-bond acceptors (Lipinski definition) is 2. The van der Waals surface area contributed by atoms with E-state index >= 15 is 0 Å². The molecule has 1 saturated carbocycles. The van der Waals surface area contributed by atoms with E-state index < -0.39 is 0 Å². The number of piperidine rings is 1. The number of hydrogen-bond donors (Lipinski definition) is 1. The average molecular weight is 252 g/mol. The van der Waals surface area contributed by atoms with Crippen LogP contribution in [0.15, 0.2) is 0 Å². The summed E-state index contributed by atoms with van der Waals surface area (Å²) in [7, 11) is 0. The largest absolute Gasteiger partial charge is 0.316 e. The van der Waals surface area contributed by atoms with Crippen molar-refractivity contribution in [1.82, 2.24) is 10.2 Å². The van der Waals surface area contributed by atoms with Crippen molar-refractivity contribution in [2.24, 2.45) is 11.3 Å². The van der Waals surface area contributed by atoms with Crippen molar-refractivity contribution < 1.29 is 0 Å². The third kappa shape index (κ3) is 3.96. The second-order valence-corrected chi connectivity index (χ2v) is 7.20. The summed E-state index contributed by atoms with van der Waals surface area (Å²) >= 11 is 0. The van der Waals surface area contributed by atoms with Gasteiger partial charge in [0.2, 0.25) is 0 Å². The predicted octanol–water partition coefficient (Wildman–Crippen LogP) is 3.28. The maximum absolute atomic E-state index is 3.55. The van der Waals surface area contributed by atoms with Crippen molar-refractivity contribution in [2.45, 2.75) is 65.3 Å². The molecule has 0 bridgehead atoms. The highest BCUT2D eigenvalue weighted by Gasteiger charge is 2.30. The van der Waals surface area contributed by atoms with Crippen LogP contribution in [0.1, 0.15) is 59.3 Å². The summed E-state index contributed by atoms with van der Waals surface area (Å²) in [6.07, 6.45) is 8.47. The smallest absolute Gasteiger partial charge is 0.00956 e. The third-order valence-corrected chi connectivity index (χ3v) is 5.12. The zero-order chi connectivity index (χ0) is 13.0. The summed E-state index contributed by atoms with van der Waals surface area (Å²) in [5.74, 6) is 0.897. The zero-order valence-corrected chi connectivity index (χ0v) is 12.7. The molecule has 1 aliphatic heterocycles. The third-order valence-electron chi connectivity index (χ3n) is 5.12. The first-order valence-corrected chi connectivity index (χ1v) is 8.05. The van der Waals surface area contributed by atoms with Crippen LogP contribution in [-0.2, 0) is 0 Å². The molecule has 1 N–H and O–H groups in total. The van der Waals surface area contributed by atoms with Crippen LogP contribution in [0.3, 0.4) is 0 Å². The fourth-order valence-electron chi connectivity index (χ4n) is 3.70. The predicted molar refractivity (Wildman–Crippen MR) is 78.9 cm³/mol. The lowest BCUT2D eigenvalue weighted by Gasteiger charge is -2.41. The van der Waals surface area contributed by atoms with Crippen LogP contribution in [0.5, 0.6) is 0 Å². The Morgan fingerprint density at radius 2 is 1.89 bits per heavy atom. The minimum Gasteiger partial charge on any atom is -0.316 e. The van der Waals surface area contributed by atoms with Gasteiger partial charge < -0.3 is 10.2 Å². The first-order valence-electron chi connectivity index (χ1n) is 8.05. The van der Waals surface area contributed by atoms with Crippen molar-refractivity contribution in [3.8, 4) is 0 Å². The fourth-order valence-corrected chi connectivity index (χ4v) is 3.70. The van der Waals surface area contributed by atoms with Gasteiger partial charge in [-0.3, -0.25) is 0 Å². The van der Waals surface area contributed by atoms with Gasteiger partial charge in [0.15, 0.2) is 0 Å². The van der Waals surface area contributed by atoms with E-state index in [0.29, 0.717) is 5.41 Å². The molecule has 18 heavy (non-hydrogen) atoms. The molecule has 1 unspecified atom stereocenters. The standard InChI is InChI=1S/C16H32N2/c1-4-18(13-14-6-5-11-17-12-14)15-7-9-16(2,3)10-8-15/h14-15,17H,4-13H2,1-3H3. The van der Waals surface area contributed by atoms with Crippen LogP contribution in [0.25, 0.3) is 0 Å². The van der Waals surface area contributed by atoms with Gasteiger partial charge in [0.25, 0.3) is 0 Å². The minimum absolute atomic E-state index is 0.600. The van der Waals surface area contributed by atoms with Gasteiger partial charge in [-0.1, -0.05) is 20.8 Å². The van der Waals surface area contributed by atoms with Crippen LogP contribution in [0, 0.1) is 11.3 Å². The van der Waals surface area contributed by atoms with Crippen molar-refractivity contribution >= 4 is 0 Å². The van der Waals surface area contributed by atoms with Crippen LogP contribution in [0.4, 0.5) is 0 Å². The highest BCUT2D eigenvalue weighted by molar-refractivity contribution is 4.85. The molecule has 1 heterocycles. The molecule has 2 rings (SSSR count). The van der Waals surface area contributed by atoms with Gasteiger partial charge in [0.1, 0.15) is 0 Å². The molecular weight excluding hydrogens is 220 g/mol. The highest BCUT2D eigenvalue weighted by Crippen LogP contribution is 2.37. The molecule has 2 aliphatic rings. The van der Waals surface area contributed by atoms with Gasteiger partial charge in [-0.15, -0.1) is 0 Å². The van der Waals surface area contributed by atoms with Gasteiger partial charge in [-0.25, -0.2) is 0 Å². The maximum atomic E-state index is 3.55. The van der Waals surface area contributed by atoms with Crippen LogP contribution in [0.2, 0.25) is 0 Å². The molecule has 0 aromatic carbocycles. The van der Waals surface area contributed by atoms with E-state index in [4.69, 9.17) is 0 Å². The Labute approximate surface area is 114 Å². The fraction of sp³-hybridized carbons (Fsp3) is 1.00. The van der Waals surface area contributed by atoms with Crippen molar-refractivity contribution in [3.05, 3.63) is 0 Å². The molecule has 0 spiro atoms. The Balaban J connectivity index is 1.81. The minimum atomic E-state index is 0.600. The van der Waals surface area contributed by atoms with Crippen molar-refractivity contribution in [1.29, 1.82) is 0 Å². The van der Waals surface area contributed by atoms with E-state index in [0.717, 1.165) is 12.0 Å². The molecule has 0 aromatic rings. The lowest BCUT2D eigenvalue weighted by molar-refractivity contribution is 0.0925. The summed E-state index contributed by atoms with van der Waals surface area (Å²) in [5.41, 5.74) is 0.600. The molecule has 1 saturated heterocycles. The lowest BCUT2D eigenvalue weighted by Crippen LogP contribution is -2.45. The quantitative estimate of drug-likeness (QED) is 0.826.